The number of carbonyl (C=O) groups excluding carboxylic acids is 3. The van der Waals surface area contributed by atoms with E-state index in [0.29, 0.717) is 37.7 Å². The molecule has 21 atom stereocenters. The zero-order chi connectivity index (χ0) is 64.8. The number of amides is 1. The van der Waals surface area contributed by atoms with Gasteiger partial charge in [-0.25, -0.2) is 0 Å². The summed E-state index contributed by atoms with van der Waals surface area (Å²) in [5.41, 5.74) is 0.649. The van der Waals surface area contributed by atoms with Crippen molar-refractivity contribution in [3.63, 3.8) is 0 Å². The van der Waals surface area contributed by atoms with Crippen molar-refractivity contribution >= 4 is 17.5 Å². The lowest BCUT2D eigenvalue weighted by atomic mass is 9.82. The van der Waals surface area contributed by atoms with Gasteiger partial charge in [0, 0.05) is 37.1 Å². The molecule has 19 nitrogen and oxygen atoms in total. The Morgan fingerprint density at radius 3 is 1.46 bits per heavy atom. The molecule has 0 saturated carbocycles. The molecule has 84 heavy (non-hydrogen) atoms. The van der Waals surface area contributed by atoms with E-state index in [1.807, 2.05) is 34.6 Å². The number of carbonyl (C=O) groups is 3. The monoisotopic (exact) mass is 1200 g/mol. The largest absolute Gasteiger partial charge is 0.507 e. The Morgan fingerprint density at radius 2 is 0.964 bits per heavy atom. The number of hydrogen-bond acceptors (Lipinski definition) is 18. The predicted octanol–water partition coefficient (Wildman–Crippen LogP) is 5.41. The van der Waals surface area contributed by atoms with E-state index in [1.165, 1.54) is 37.9 Å². The van der Waals surface area contributed by atoms with Crippen molar-refractivity contribution in [2.45, 2.75) is 272 Å². The molecule has 1 rings (SSSR count). The van der Waals surface area contributed by atoms with Gasteiger partial charge in [0.1, 0.15) is 11.3 Å². The van der Waals surface area contributed by atoms with E-state index >= 15 is 0 Å². The van der Waals surface area contributed by atoms with Crippen molar-refractivity contribution < 1.29 is 91.0 Å². The molecule has 0 aromatic rings. The predicted molar refractivity (Wildman–Crippen MR) is 324 cm³/mol. The maximum atomic E-state index is 13.4. The minimum absolute atomic E-state index is 0.000161. The number of aliphatic hydroxyl groups excluding tert-OH is 15. The second-order valence-corrected chi connectivity index (χ2v) is 26.1. The Kier molecular flexibility index (Phi) is 35.8. The van der Waals surface area contributed by atoms with Crippen molar-refractivity contribution in [3.05, 3.63) is 58.1 Å². The maximum absolute atomic E-state index is 13.4. The summed E-state index contributed by atoms with van der Waals surface area (Å²) in [5, 5.41) is 162. The van der Waals surface area contributed by atoms with Crippen LogP contribution in [-0.4, -0.2) is 191 Å². The fourth-order valence-corrected chi connectivity index (χ4v) is 11.1. The first kappa shape index (κ1) is 78.8. The average Bonchev–Trinajstić information content (AvgIpc) is 3.61. The molecule has 0 spiro atoms. The van der Waals surface area contributed by atoms with E-state index in [4.69, 9.17) is 0 Å². The highest BCUT2D eigenvalue weighted by molar-refractivity contribution is 6.32. The van der Waals surface area contributed by atoms with Gasteiger partial charge in [-0.15, -0.1) is 0 Å². The molecular weight excluding hydrogens is 1080 g/mol. The highest BCUT2D eigenvalue weighted by Crippen LogP contribution is 2.31. The van der Waals surface area contributed by atoms with Gasteiger partial charge in [-0.3, -0.25) is 14.4 Å². The Morgan fingerprint density at radius 1 is 0.500 bits per heavy atom. The molecule has 0 aromatic heterocycles. The molecule has 1 aliphatic heterocycles. The number of likely N-dealkylation sites (tertiary alicyclic amines) is 1. The zero-order valence-electron chi connectivity index (χ0n) is 53.4. The fourth-order valence-electron chi connectivity index (χ4n) is 11.1. The third-order valence-corrected chi connectivity index (χ3v) is 17.5. The standard InChI is InChI=1S/C65H115NO18/c1-34(2)27-51-64(83)57(65(84)66(51)15)63(82)39(8)22-26-49(70)31-47(68)24-20-37(6)60(79)43(12)52(72)17-16-18-53(73)44(13)62(81)41(10)28-40(9)59(78)42(11)29-55(75)56(76)33-50(71)32-54(74)36(5)19-23-46(67)30-48(69)25-21-38(7)61(80)45(14)58(77)35(3)4/h22,27-29,34-38,40,43-50,52-56,58,60-62,67-77,79-82H,16-21,23-26,30-33H2,1-15H3/b39-22+,41-28+,42-29+,51-27-,63-57?. The molecular formula is C65H115NO18. The summed E-state index contributed by atoms with van der Waals surface area (Å²) in [6.45, 7) is 24.4. The van der Waals surface area contributed by atoms with Crippen molar-refractivity contribution in [2.24, 2.45) is 53.3 Å². The van der Waals surface area contributed by atoms with Gasteiger partial charge in [0.05, 0.1) is 91.2 Å². The summed E-state index contributed by atoms with van der Waals surface area (Å²) in [6, 6.07) is 0. The second kappa shape index (κ2) is 38.2. The van der Waals surface area contributed by atoms with Crippen molar-refractivity contribution in [1.29, 1.82) is 0 Å². The Balaban J connectivity index is 2.59. The van der Waals surface area contributed by atoms with Gasteiger partial charge < -0.3 is 81.5 Å². The molecule has 1 amide bonds. The number of hydrogen-bond donors (Lipinski definition) is 15. The lowest BCUT2D eigenvalue weighted by molar-refractivity contribution is -0.123. The minimum Gasteiger partial charge on any atom is -0.507 e. The lowest BCUT2D eigenvalue weighted by Crippen LogP contribution is -2.37. The first-order valence-electron chi connectivity index (χ1n) is 30.9. The summed E-state index contributed by atoms with van der Waals surface area (Å²) in [6.07, 6.45) is -5.44. The van der Waals surface area contributed by atoms with E-state index in [-0.39, 0.29) is 116 Å². The summed E-state index contributed by atoms with van der Waals surface area (Å²) < 4.78 is 0. The summed E-state index contributed by atoms with van der Waals surface area (Å²) in [4.78, 5) is 40.2. The number of allylic oxidation sites excluding steroid dienone is 5. The molecule has 15 N–H and O–H groups in total. The van der Waals surface area contributed by atoms with E-state index in [2.05, 4.69) is 0 Å². The van der Waals surface area contributed by atoms with Gasteiger partial charge in [-0.05, 0) is 157 Å². The van der Waals surface area contributed by atoms with Crippen molar-refractivity contribution in [2.75, 3.05) is 7.05 Å². The SMILES string of the molecule is C/C(=C\C(O)C(O)CC(O)CC(O)C(C)CCC(O)CC(O)CCC(C)C(O)C(C)C(O)C(C)C)C(=O)C(C)/C=C(\C)C(O)C(C)C(O)CCCC(O)C(C)C(O)C(C)CCC(O)CC(O)C/C=C(\C)C(O)=C1C(=O)/C(=C/C(C)C)N(C)C1=O. The normalized spacial score (nSPS) is 23.0. The summed E-state index contributed by atoms with van der Waals surface area (Å²) in [5.74, 6) is -5.20. The second-order valence-electron chi connectivity index (χ2n) is 26.1. The van der Waals surface area contributed by atoms with E-state index in [0.717, 1.165) is 0 Å². The van der Waals surface area contributed by atoms with Crippen LogP contribution in [0, 0.1) is 53.3 Å². The number of Topliss-reactive ketones (excluding diaryl/α,β-unsaturated/α-hetero) is 2. The molecule has 0 radical (unpaired) electrons. The van der Waals surface area contributed by atoms with Gasteiger partial charge in [-0.2, -0.15) is 0 Å². The fraction of sp³-hybridized carbons (Fsp3) is 0.800. The van der Waals surface area contributed by atoms with Gasteiger partial charge in [0.15, 0.2) is 5.78 Å². The zero-order valence-corrected chi connectivity index (χ0v) is 53.4. The number of likely N-dealkylation sites (N-methyl/N-ethyl adjacent to an activating group) is 1. The van der Waals surface area contributed by atoms with Crippen molar-refractivity contribution in [1.82, 2.24) is 4.90 Å². The van der Waals surface area contributed by atoms with Crippen LogP contribution in [0.15, 0.2) is 58.1 Å². The molecule has 1 fully saturated rings. The van der Waals surface area contributed by atoms with Crippen LogP contribution in [0.25, 0.3) is 0 Å². The van der Waals surface area contributed by atoms with Crippen LogP contribution >= 0.6 is 0 Å². The maximum Gasteiger partial charge on any atom is 0.265 e. The van der Waals surface area contributed by atoms with E-state index in [9.17, 15) is 91.0 Å². The third-order valence-electron chi connectivity index (χ3n) is 17.5. The molecule has 0 aromatic carbocycles. The Labute approximate surface area is 502 Å². The molecule has 1 heterocycles. The van der Waals surface area contributed by atoms with E-state index < -0.39 is 126 Å². The number of ketones is 2. The van der Waals surface area contributed by atoms with Gasteiger partial charge in [-0.1, -0.05) is 94.4 Å². The molecule has 0 aliphatic carbocycles. The van der Waals surface area contributed by atoms with Crippen LogP contribution in [0.1, 0.15) is 187 Å². The van der Waals surface area contributed by atoms with Gasteiger partial charge in [0.25, 0.3) is 5.91 Å². The van der Waals surface area contributed by atoms with Crippen molar-refractivity contribution in [3.8, 4) is 0 Å². The lowest BCUT2D eigenvalue weighted by Gasteiger charge is -2.31. The number of rotatable bonds is 41. The number of nitrogens with zero attached hydrogens (tertiary/aromatic N) is 1. The molecule has 488 valence electrons. The molecule has 0 bridgehead atoms. The van der Waals surface area contributed by atoms with Crippen LogP contribution in [0.4, 0.5) is 0 Å². The molecule has 19 heteroatoms. The Bertz CT molecular complexity index is 2140. The third kappa shape index (κ3) is 26.2. The minimum atomic E-state index is -1.52. The first-order chi connectivity index (χ1) is 38.9. The molecule has 21 unspecified atom stereocenters. The van der Waals surface area contributed by atoms with Gasteiger partial charge >= 0.3 is 0 Å². The van der Waals surface area contributed by atoms with Crippen LogP contribution in [0.3, 0.4) is 0 Å². The smallest absolute Gasteiger partial charge is 0.265 e. The van der Waals surface area contributed by atoms with Crippen LogP contribution in [0.2, 0.25) is 0 Å². The topological polar surface area (TPSA) is 358 Å². The van der Waals surface area contributed by atoms with Gasteiger partial charge in [0.2, 0.25) is 5.78 Å². The van der Waals surface area contributed by atoms with Crippen LogP contribution < -0.4 is 0 Å². The molecule has 1 saturated heterocycles. The first-order valence-corrected chi connectivity index (χ1v) is 30.9. The highest BCUT2D eigenvalue weighted by atomic mass is 16.3. The average molecular weight is 1200 g/mol. The highest BCUT2D eigenvalue weighted by Gasteiger charge is 2.40. The molecule has 1 aliphatic rings. The van der Waals surface area contributed by atoms with Crippen LogP contribution in [-0.2, 0) is 14.4 Å². The Hall–Kier alpha value is -3.25. The number of aliphatic hydroxyl groups is 15. The summed E-state index contributed by atoms with van der Waals surface area (Å²) >= 11 is 0. The quantitative estimate of drug-likeness (QED) is 0.0157. The van der Waals surface area contributed by atoms with E-state index in [1.54, 1.807) is 60.6 Å². The summed E-state index contributed by atoms with van der Waals surface area (Å²) in [7, 11) is 1.46. The van der Waals surface area contributed by atoms with Crippen LogP contribution in [0.5, 0.6) is 0 Å².